The van der Waals surface area contributed by atoms with Gasteiger partial charge in [0.25, 0.3) is 5.91 Å². The Morgan fingerprint density at radius 1 is 1.35 bits per heavy atom. The van der Waals surface area contributed by atoms with Gasteiger partial charge in [0.1, 0.15) is 5.82 Å². The Labute approximate surface area is 102 Å². The molecule has 1 heterocycles. The van der Waals surface area contributed by atoms with Crippen LogP contribution in [-0.2, 0) is 0 Å². The summed E-state index contributed by atoms with van der Waals surface area (Å²) in [5.74, 6) is -0.569. The molecule has 0 aliphatic rings. The summed E-state index contributed by atoms with van der Waals surface area (Å²) in [6.45, 7) is 1.86. The summed E-state index contributed by atoms with van der Waals surface area (Å²) in [5.41, 5.74) is 6.84. The number of benzene rings is 1. The fourth-order valence-corrected chi connectivity index (χ4v) is 2.17. The molecule has 0 radical (unpaired) electrons. The van der Waals surface area contributed by atoms with Gasteiger partial charge >= 0.3 is 0 Å². The lowest BCUT2D eigenvalue weighted by Gasteiger charge is -2.02. The second kappa shape index (κ2) is 4.55. The van der Waals surface area contributed by atoms with Crippen molar-refractivity contribution in [2.24, 2.45) is 0 Å². The third-order valence-electron chi connectivity index (χ3n) is 2.28. The normalized spacial score (nSPS) is 10.2. The summed E-state index contributed by atoms with van der Waals surface area (Å²) in [6.07, 6.45) is 0. The third-order valence-corrected chi connectivity index (χ3v) is 3.35. The lowest BCUT2D eigenvalue weighted by atomic mass is 10.3. The van der Waals surface area contributed by atoms with Crippen LogP contribution in [0.1, 0.15) is 14.5 Å². The number of nitrogen functional groups attached to an aromatic ring is 1. The molecular formula is C12H11FN2OS. The molecule has 1 amide bonds. The van der Waals surface area contributed by atoms with Crippen LogP contribution in [0.25, 0.3) is 0 Å². The Hall–Kier alpha value is -1.88. The number of carbonyl (C=O) groups excluding carboxylic acids is 1. The zero-order chi connectivity index (χ0) is 12.4. The number of thiophene rings is 1. The highest BCUT2D eigenvalue weighted by Crippen LogP contribution is 2.24. The van der Waals surface area contributed by atoms with E-state index in [0.717, 1.165) is 4.88 Å². The van der Waals surface area contributed by atoms with Crippen LogP contribution in [0.4, 0.5) is 15.8 Å². The molecule has 5 heteroatoms. The Balaban J connectivity index is 2.14. The maximum Gasteiger partial charge on any atom is 0.265 e. The Bertz CT molecular complexity index is 529. The van der Waals surface area contributed by atoms with Crippen molar-refractivity contribution < 1.29 is 9.18 Å². The molecule has 0 saturated heterocycles. The maximum atomic E-state index is 12.7. The summed E-state index contributed by atoms with van der Waals surface area (Å²) in [7, 11) is 0. The van der Waals surface area contributed by atoms with Gasteiger partial charge in [0, 0.05) is 16.3 Å². The smallest absolute Gasteiger partial charge is 0.265 e. The topological polar surface area (TPSA) is 55.1 Å². The molecule has 2 aromatic rings. The quantitative estimate of drug-likeness (QED) is 0.860. The van der Waals surface area contributed by atoms with Gasteiger partial charge in [-0.15, -0.1) is 11.3 Å². The van der Waals surface area contributed by atoms with Crippen molar-refractivity contribution in [1.29, 1.82) is 0 Å². The molecule has 17 heavy (non-hydrogen) atoms. The van der Waals surface area contributed by atoms with Gasteiger partial charge in [0.15, 0.2) is 0 Å². The molecule has 0 saturated carbocycles. The summed E-state index contributed by atoms with van der Waals surface area (Å²) >= 11 is 1.33. The fourth-order valence-electron chi connectivity index (χ4n) is 1.33. The SMILES string of the molecule is Cc1sc(C(=O)Nc2ccc(F)cc2)cc1N. The van der Waals surface area contributed by atoms with Crippen LogP contribution in [0.3, 0.4) is 0 Å². The molecule has 0 atom stereocenters. The minimum absolute atomic E-state index is 0.235. The van der Waals surface area contributed by atoms with Crippen LogP contribution in [-0.4, -0.2) is 5.91 Å². The van der Waals surface area contributed by atoms with Crippen molar-refractivity contribution in [3.63, 3.8) is 0 Å². The van der Waals surface area contributed by atoms with E-state index in [1.54, 1.807) is 6.07 Å². The number of halogens is 1. The Kier molecular flexibility index (Phi) is 3.10. The summed E-state index contributed by atoms with van der Waals surface area (Å²) < 4.78 is 12.7. The number of aryl methyl sites for hydroxylation is 1. The van der Waals surface area contributed by atoms with Crippen molar-refractivity contribution in [2.75, 3.05) is 11.1 Å². The number of rotatable bonds is 2. The first-order valence-electron chi connectivity index (χ1n) is 4.99. The van der Waals surface area contributed by atoms with Crippen LogP contribution in [0.15, 0.2) is 30.3 Å². The Morgan fingerprint density at radius 3 is 2.53 bits per heavy atom. The van der Waals surface area contributed by atoms with Crippen molar-refractivity contribution >= 4 is 28.6 Å². The summed E-state index contributed by atoms with van der Waals surface area (Å²) in [5, 5.41) is 2.68. The number of nitrogens with two attached hydrogens (primary N) is 1. The standard InChI is InChI=1S/C12H11FN2OS/c1-7-10(14)6-11(17-7)12(16)15-9-4-2-8(13)3-5-9/h2-6H,14H2,1H3,(H,15,16). The molecule has 1 aromatic carbocycles. The van der Waals surface area contributed by atoms with Crippen molar-refractivity contribution in [3.8, 4) is 0 Å². The molecule has 3 N–H and O–H groups in total. The summed E-state index contributed by atoms with van der Waals surface area (Å²) in [6, 6.07) is 7.25. The molecular weight excluding hydrogens is 239 g/mol. The second-order valence-corrected chi connectivity index (χ2v) is 4.84. The lowest BCUT2D eigenvalue weighted by Crippen LogP contribution is -2.09. The van der Waals surface area contributed by atoms with Crippen LogP contribution in [0.2, 0.25) is 0 Å². The van der Waals surface area contributed by atoms with Gasteiger partial charge in [0.2, 0.25) is 0 Å². The molecule has 1 aromatic heterocycles. The highest BCUT2D eigenvalue weighted by Gasteiger charge is 2.10. The van der Waals surface area contributed by atoms with E-state index in [9.17, 15) is 9.18 Å². The number of nitrogens with one attached hydrogen (secondary N) is 1. The van der Waals surface area contributed by atoms with Crippen LogP contribution in [0.5, 0.6) is 0 Å². The van der Waals surface area contributed by atoms with E-state index in [0.29, 0.717) is 16.3 Å². The Morgan fingerprint density at radius 2 is 2.00 bits per heavy atom. The van der Waals surface area contributed by atoms with E-state index in [1.165, 1.54) is 35.6 Å². The average Bonchev–Trinajstić information content (AvgIpc) is 2.63. The van der Waals surface area contributed by atoms with Crippen LogP contribution in [0, 0.1) is 12.7 Å². The van der Waals surface area contributed by atoms with Crippen molar-refractivity contribution in [1.82, 2.24) is 0 Å². The monoisotopic (exact) mass is 250 g/mol. The van der Waals surface area contributed by atoms with Gasteiger partial charge < -0.3 is 11.1 Å². The second-order valence-electron chi connectivity index (χ2n) is 3.58. The van der Waals surface area contributed by atoms with Gasteiger partial charge in [-0.1, -0.05) is 0 Å². The number of anilines is 2. The molecule has 0 fully saturated rings. The van der Waals surface area contributed by atoms with Gasteiger partial charge in [-0.25, -0.2) is 4.39 Å². The number of hydrogen-bond acceptors (Lipinski definition) is 3. The molecule has 0 unspecified atom stereocenters. The number of hydrogen-bond donors (Lipinski definition) is 2. The highest BCUT2D eigenvalue weighted by atomic mass is 32.1. The first-order chi connectivity index (χ1) is 8.06. The van der Waals surface area contributed by atoms with Gasteiger partial charge in [-0.2, -0.15) is 0 Å². The van der Waals surface area contributed by atoms with E-state index in [-0.39, 0.29) is 11.7 Å². The van der Waals surface area contributed by atoms with Gasteiger partial charge in [0.05, 0.1) is 4.88 Å². The zero-order valence-corrected chi connectivity index (χ0v) is 9.98. The van der Waals surface area contributed by atoms with Crippen LogP contribution < -0.4 is 11.1 Å². The van der Waals surface area contributed by atoms with E-state index in [2.05, 4.69) is 5.32 Å². The summed E-state index contributed by atoms with van der Waals surface area (Å²) in [4.78, 5) is 13.3. The minimum atomic E-state index is -0.334. The molecule has 0 spiro atoms. The predicted molar refractivity (Wildman–Crippen MR) is 67.8 cm³/mol. The van der Waals surface area contributed by atoms with Crippen molar-refractivity contribution in [2.45, 2.75) is 6.92 Å². The molecule has 3 nitrogen and oxygen atoms in total. The van der Waals surface area contributed by atoms with Crippen molar-refractivity contribution in [3.05, 3.63) is 45.9 Å². The third kappa shape index (κ3) is 2.62. The van der Waals surface area contributed by atoms with Gasteiger partial charge in [-0.05, 0) is 37.3 Å². The van der Waals surface area contributed by atoms with Crippen LogP contribution >= 0.6 is 11.3 Å². The first kappa shape index (κ1) is 11.6. The van der Waals surface area contributed by atoms with E-state index in [1.807, 2.05) is 6.92 Å². The number of amides is 1. The lowest BCUT2D eigenvalue weighted by molar-refractivity contribution is 0.103. The highest BCUT2D eigenvalue weighted by molar-refractivity contribution is 7.14. The molecule has 0 aliphatic carbocycles. The number of carbonyl (C=O) groups is 1. The zero-order valence-electron chi connectivity index (χ0n) is 9.16. The molecule has 0 bridgehead atoms. The predicted octanol–water partition coefficient (Wildman–Crippen LogP) is 3.03. The maximum absolute atomic E-state index is 12.7. The van der Waals surface area contributed by atoms with E-state index >= 15 is 0 Å². The first-order valence-corrected chi connectivity index (χ1v) is 5.81. The van der Waals surface area contributed by atoms with E-state index in [4.69, 9.17) is 5.73 Å². The molecule has 0 aliphatic heterocycles. The van der Waals surface area contributed by atoms with E-state index < -0.39 is 0 Å². The molecule has 2 rings (SSSR count). The molecule has 88 valence electrons. The minimum Gasteiger partial charge on any atom is -0.398 e. The van der Waals surface area contributed by atoms with Gasteiger partial charge in [-0.3, -0.25) is 4.79 Å². The fraction of sp³-hybridized carbons (Fsp3) is 0.0833. The largest absolute Gasteiger partial charge is 0.398 e. The average molecular weight is 250 g/mol.